The van der Waals surface area contributed by atoms with Crippen LogP contribution in [0.5, 0.6) is 0 Å². The Kier molecular flexibility index (Phi) is 7.12. The summed E-state index contributed by atoms with van der Waals surface area (Å²) in [5.74, 6) is -2.09. The molecule has 0 aliphatic heterocycles. The van der Waals surface area contributed by atoms with Gasteiger partial charge < -0.3 is 15.5 Å². The van der Waals surface area contributed by atoms with Gasteiger partial charge in [-0.25, -0.2) is 0 Å². The van der Waals surface area contributed by atoms with E-state index in [1.54, 1.807) is 11.0 Å². The van der Waals surface area contributed by atoms with E-state index in [0.717, 1.165) is 0 Å². The number of amides is 3. The fourth-order valence-corrected chi connectivity index (χ4v) is 1.33. The minimum atomic E-state index is -0.921. The number of rotatable bonds is 5. The monoisotopic (exact) mass is 254 g/mol. The summed E-state index contributed by atoms with van der Waals surface area (Å²) in [6, 6.07) is 0.906. The first-order valence-electron chi connectivity index (χ1n) is 5.72. The van der Waals surface area contributed by atoms with Crippen molar-refractivity contribution in [3.8, 4) is 6.07 Å². The summed E-state index contributed by atoms with van der Waals surface area (Å²) >= 11 is 0. The fourth-order valence-electron chi connectivity index (χ4n) is 1.33. The molecule has 7 nitrogen and oxygen atoms in total. The van der Waals surface area contributed by atoms with Crippen LogP contribution in [0.25, 0.3) is 0 Å². The molecule has 0 radical (unpaired) electrons. The smallest absolute Gasteiger partial charge is 0.310 e. The number of nitriles is 1. The molecule has 0 saturated heterocycles. The Hall–Kier alpha value is -2.10. The second-order valence-electron chi connectivity index (χ2n) is 3.55. The van der Waals surface area contributed by atoms with Gasteiger partial charge in [-0.1, -0.05) is 0 Å². The Morgan fingerprint density at radius 3 is 2.22 bits per heavy atom. The zero-order valence-electron chi connectivity index (χ0n) is 10.8. The molecule has 0 spiro atoms. The molecule has 0 aromatic carbocycles. The first kappa shape index (κ1) is 15.9. The van der Waals surface area contributed by atoms with Gasteiger partial charge in [0, 0.05) is 13.1 Å². The molecular formula is C11H18N4O3. The van der Waals surface area contributed by atoms with E-state index in [-0.39, 0.29) is 12.5 Å². The molecule has 1 atom stereocenters. The van der Waals surface area contributed by atoms with Gasteiger partial charge in [-0.15, -0.1) is 0 Å². The second-order valence-corrected chi connectivity index (χ2v) is 3.55. The molecule has 0 fully saturated rings. The molecule has 3 amide bonds. The summed E-state index contributed by atoms with van der Waals surface area (Å²) in [7, 11) is 0. The number of nitrogens with zero attached hydrogens (tertiary/aromatic N) is 2. The quantitative estimate of drug-likeness (QED) is 0.485. The van der Waals surface area contributed by atoms with Gasteiger partial charge in [0.05, 0.1) is 6.07 Å². The van der Waals surface area contributed by atoms with Crippen molar-refractivity contribution in [1.29, 1.82) is 5.26 Å². The molecule has 0 aromatic rings. The van der Waals surface area contributed by atoms with E-state index >= 15 is 0 Å². The minimum absolute atomic E-state index is 0.245. The van der Waals surface area contributed by atoms with E-state index in [2.05, 4.69) is 10.6 Å². The molecule has 0 bridgehead atoms. The average molecular weight is 254 g/mol. The first-order valence-corrected chi connectivity index (χ1v) is 5.72. The highest BCUT2D eigenvalue weighted by Gasteiger charge is 2.22. The van der Waals surface area contributed by atoms with Crippen molar-refractivity contribution in [3.05, 3.63) is 0 Å². The highest BCUT2D eigenvalue weighted by atomic mass is 16.2. The van der Waals surface area contributed by atoms with E-state index in [4.69, 9.17) is 5.26 Å². The molecule has 7 heteroatoms. The molecule has 2 N–H and O–H groups in total. The Morgan fingerprint density at radius 2 is 1.78 bits per heavy atom. The van der Waals surface area contributed by atoms with Crippen LogP contribution in [0, 0.1) is 11.3 Å². The van der Waals surface area contributed by atoms with Gasteiger partial charge in [-0.05, 0) is 20.8 Å². The molecule has 0 aromatic heterocycles. The lowest BCUT2D eigenvalue weighted by molar-refractivity contribution is -0.141. The van der Waals surface area contributed by atoms with E-state index in [1.165, 1.54) is 6.92 Å². The number of hydrogen-bond donors (Lipinski definition) is 2. The van der Waals surface area contributed by atoms with E-state index < -0.39 is 17.9 Å². The number of hydrogen-bond acceptors (Lipinski definition) is 4. The maximum Gasteiger partial charge on any atom is 0.310 e. The zero-order valence-corrected chi connectivity index (χ0v) is 10.8. The molecule has 1 unspecified atom stereocenters. The lowest BCUT2D eigenvalue weighted by atomic mass is 10.2. The predicted molar refractivity (Wildman–Crippen MR) is 64.2 cm³/mol. The predicted octanol–water partition coefficient (Wildman–Crippen LogP) is -1.00. The van der Waals surface area contributed by atoms with Crippen LogP contribution in [-0.2, 0) is 14.4 Å². The Labute approximate surface area is 106 Å². The van der Waals surface area contributed by atoms with Crippen molar-refractivity contribution in [2.45, 2.75) is 26.8 Å². The number of likely N-dealkylation sites (N-methyl/N-ethyl adjacent to an activating group) is 1. The highest BCUT2D eigenvalue weighted by molar-refractivity contribution is 6.35. The summed E-state index contributed by atoms with van der Waals surface area (Å²) in [5, 5.41) is 12.6. The molecule has 0 heterocycles. The fraction of sp³-hybridized carbons (Fsp3) is 0.636. The van der Waals surface area contributed by atoms with Crippen molar-refractivity contribution in [3.63, 3.8) is 0 Å². The van der Waals surface area contributed by atoms with Crippen molar-refractivity contribution in [1.82, 2.24) is 15.5 Å². The van der Waals surface area contributed by atoms with Crippen LogP contribution in [0.15, 0.2) is 0 Å². The van der Waals surface area contributed by atoms with Crippen molar-refractivity contribution in [2.75, 3.05) is 19.6 Å². The number of carbonyl (C=O) groups excluding carboxylic acids is 3. The Morgan fingerprint density at radius 1 is 1.22 bits per heavy atom. The van der Waals surface area contributed by atoms with Crippen LogP contribution in [0.1, 0.15) is 20.8 Å². The van der Waals surface area contributed by atoms with Gasteiger partial charge in [0.15, 0.2) is 0 Å². The van der Waals surface area contributed by atoms with Crippen LogP contribution in [-0.4, -0.2) is 48.3 Å². The standard InChI is InChI=1S/C11H18N4O3/c1-4-15(5-2)11(18)8(3)14-10(17)9(16)13-7-6-12/h8H,4-5,7H2,1-3H3,(H,13,16)(H,14,17). The van der Waals surface area contributed by atoms with E-state index in [9.17, 15) is 14.4 Å². The second kappa shape index (κ2) is 8.06. The molecule has 100 valence electrons. The topological polar surface area (TPSA) is 102 Å². The third kappa shape index (κ3) is 4.82. The summed E-state index contributed by atoms with van der Waals surface area (Å²) < 4.78 is 0. The van der Waals surface area contributed by atoms with Gasteiger partial charge in [-0.2, -0.15) is 5.26 Å². The van der Waals surface area contributed by atoms with E-state index in [0.29, 0.717) is 13.1 Å². The summed E-state index contributed by atoms with van der Waals surface area (Å²) in [6.45, 7) is 6.00. The largest absolute Gasteiger partial charge is 0.341 e. The van der Waals surface area contributed by atoms with Gasteiger partial charge >= 0.3 is 11.8 Å². The molecule has 18 heavy (non-hydrogen) atoms. The van der Waals surface area contributed by atoms with Crippen LogP contribution in [0.4, 0.5) is 0 Å². The summed E-state index contributed by atoms with van der Waals surface area (Å²) in [4.78, 5) is 35.9. The highest BCUT2D eigenvalue weighted by Crippen LogP contribution is 1.94. The number of nitrogens with one attached hydrogen (secondary N) is 2. The van der Waals surface area contributed by atoms with Crippen molar-refractivity contribution in [2.24, 2.45) is 0 Å². The zero-order chi connectivity index (χ0) is 14.1. The van der Waals surface area contributed by atoms with Crippen LogP contribution >= 0.6 is 0 Å². The molecule has 0 aliphatic rings. The maximum atomic E-state index is 11.8. The third-order valence-electron chi connectivity index (χ3n) is 2.33. The van der Waals surface area contributed by atoms with Crippen LogP contribution in [0.3, 0.4) is 0 Å². The summed E-state index contributed by atoms with van der Waals surface area (Å²) in [5.41, 5.74) is 0. The average Bonchev–Trinajstić information content (AvgIpc) is 2.36. The van der Waals surface area contributed by atoms with Crippen molar-refractivity contribution < 1.29 is 14.4 Å². The molecule has 0 saturated carbocycles. The Bertz CT molecular complexity index is 358. The maximum absolute atomic E-state index is 11.8. The lowest BCUT2D eigenvalue weighted by Crippen LogP contribution is -2.50. The van der Waals surface area contributed by atoms with Gasteiger partial charge in [0.25, 0.3) is 0 Å². The normalized spacial score (nSPS) is 11.0. The SMILES string of the molecule is CCN(CC)C(=O)C(C)NC(=O)C(=O)NCC#N. The van der Waals surface area contributed by atoms with E-state index in [1.807, 2.05) is 13.8 Å². The van der Waals surface area contributed by atoms with Gasteiger partial charge in [0.2, 0.25) is 5.91 Å². The molecule has 0 rings (SSSR count). The first-order chi connectivity index (χ1) is 8.47. The molecular weight excluding hydrogens is 236 g/mol. The van der Waals surface area contributed by atoms with Gasteiger partial charge in [0.1, 0.15) is 12.6 Å². The van der Waals surface area contributed by atoms with Crippen LogP contribution < -0.4 is 10.6 Å². The van der Waals surface area contributed by atoms with Crippen LogP contribution in [0.2, 0.25) is 0 Å². The minimum Gasteiger partial charge on any atom is -0.341 e. The van der Waals surface area contributed by atoms with Crippen molar-refractivity contribution >= 4 is 17.7 Å². The molecule has 0 aliphatic carbocycles. The Balaban J connectivity index is 4.35. The lowest BCUT2D eigenvalue weighted by Gasteiger charge is -2.23. The van der Waals surface area contributed by atoms with Gasteiger partial charge in [-0.3, -0.25) is 14.4 Å². The summed E-state index contributed by atoms with van der Waals surface area (Å²) in [6.07, 6.45) is 0. The third-order valence-corrected chi connectivity index (χ3v) is 2.33. The number of carbonyl (C=O) groups is 3.